The summed E-state index contributed by atoms with van der Waals surface area (Å²) in [4.78, 5) is 21.1. The Bertz CT molecular complexity index is 319. The minimum Gasteiger partial charge on any atom is -0.361 e. The van der Waals surface area contributed by atoms with Gasteiger partial charge in [-0.25, -0.2) is 0 Å². The first kappa shape index (κ1) is 8.73. The second kappa shape index (κ2) is 3.36. The quantitative estimate of drug-likeness (QED) is 0.623. The van der Waals surface area contributed by atoms with Crippen LogP contribution in [-0.4, -0.2) is 11.8 Å². The van der Waals surface area contributed by atoms with Crippen LogP contribution in [0.25, 0.3) is 0 Å². The Morgan fingerprint density at radius 2 is 2.25 bits per heavy atom. The van der Waals surface area contributed by atoms with Gasteiger partial charge in [0.05, 0.1) is 5.00 Å². The summed E-state index contributed by atoms with van der Waals surface area (Å²) in [5.41, 5.74) is 5.68. The van der Waals surface area contributed by atoms with Gasteiger partial charge in [-0.2, -0.15) is 0 Å². The van der Waals surface area contributed by atoms with Crippen LogP contribution in [0.2, 0.25) is 0 Å². The lowest BCUT2D eigenvalue weighted by Crippen LogP contribution is -2.29. The molecule has 0 aromatic carbocycles. The second-order valence-corrected chi connectivity index (χ2v) is 3.17. The van der Waals surface area contributed by atoms with Crippen LogP contribution < -0.4 is 11.1 Å². The highest BCUT2D eigenvalue weighted by molar-refractivity contribution is 7.14. The smallest absolute Gasteiger partial charge is 0.314 e. The minimum atomic E-state index is -0.970. The molecule has 0 unspecified atom stereocenters. The molecule has 1 aromatic rings. The third-order valence-corrected chi connectivity index (χ3v) is 2.24. The number of amides is 2. The Labute approximate surface area is 73.4 Å². The standard InChI is InChI=1S/C7H8N2O2S/c1-4-2-3-12-7(4)9-6(11)5(8)10/h2-3H,1H3,(H2,8,10)(H,9,11). The molecule has 0 saturated carbocycles. The Morgan fingerprint density at radius 1 is 1.58 bits per heavy atom. The molecule has 1 aromatic heterocycles. The van der Waals surface area contributed by atoms with Gasteiger partial charge in [0.15, 0.2) is 0 Å². The molecular formula is C7H8N2O2S. The number of anilines is 1. The average Bonchev–Trinajstić information content (AvgIpc) is 2.36. The zero-order valence-corrected chi connectivity index (χ0v) is 7.27. The Kier molecular flexibility index (Phi) is 2.44. The minimum absolute atomic E-state index is 0.666. The monoisotopic (exact) mass is 184 g/mol. The summed E-state index contributed by atoms with van der Waals surface area (Å²) in [5, 5.41) is 4.89. The fraction of sp³-hybridized carbons (Fsp3) is 0.143. The highest BCUT2D eigenvalue weighted by Crippen LogP contribution is 2.21. The van der Waals surface area contributed by atoms with Crippen molar-refractivity contribution in [2.24, 2.45) is 5.73 Å². The van der Waals surface area contributed by atoms with Crippen molar-refractivity contribution in [3.8, 4) is 0 Å². The first-order chi connectivity index (χ1) is 5.61. The van der Waals surface area contributed by atoms with Crippen molar-refractivity contribution in [3.63, 3.8) is 0 Å². The molecule has 1 rings (SSSR count). The van der Waals surface area contributed by atoms with Crippen LogP contribution in [0.15, 0.2) is 11.4 Å². The van der Waals surface area contributed by atoms with E-state index in [1.165, 1.54) is 11.3 Å². The van der Waals surface area contributed by atoms with Crippen LogP contribution in [0.4, 0.5) is 5.00 Å². The van der Waals surface area contributed by atoms with Crippen LogP contribution in [0.1, 0.15) is 5.56 Å². The van der Waals surface area contributed by atoms with E-state index in [1.54, 1.807) is 0 Å². The Hall–Kier alpha value is -1.36. The molecule has 0 aliphatic carbocycles. The lowest BCUT2D eigenvalue weighted by molar-refractivity contribution is -0.134. The number of nitrogens with one attached hydrogen (secondary N) is 1. The first-order valence-electron chi connectivity index (χ1n) is 3.26. The van der Waals surface area contributed by atoms with Crippen molar-refractivity contribution in [1.82, 2.24) is 0 Å². The van der Waals surface area contributed by atoms with Gasteiger partial charge in [-0.3, -0.25) is 9.59 Å². The van der Waals surface area contributed by atoms with E-state index in [9.17, 15) is 9.59 Å². The van der Waals surface area contributed by atoms with E-state index >= 15 is 0 Å². The van der Waals surface area contributed by atoms with Crippen LogP contribution in [-0.2, 0) is 9.59 Å². The average molecular weight is 184 g/mol. The van der Waals surface area contributed by atoms with Crippen molar-refractivity contribution in [2.75, 3.05) is 5.32 Å². The molecular weight excluding hydrogens is 176 g/mol. The van der Waals surface area contributed by atoms with E-state index in [-0.39, 0.29) is 0 Å². The molecule has 0 atom stereocenters. The van der Waals surface area contributed by atoms with Gasteiger partial charge in [0.25, 0.3) is 0 Å². The summed E-state index contributed by atoms with van der Waals surface area (Å²) >= 11 is 1.36. The third kappa shape index (κ3) is 1.82. The van der Waals surface area contributed by atoms with Crippen molar-refractivity contribution in [1.29, 1.82) is 0 Å². The lowest BCUT2D eigenvalue weighted by Gasteiger charge is -1.98. The molecule has 1 heterocycles. The fourth-order valence-corrected chi connectivity index (χ4v) is 1.48. The predicted octanol–water partition coefficient (Wildman–Crippen LogP) is 0.480. The molecule has 64 valence electrons. The summed E-state index contributed by atoms with van der Waals surface area (Å²) in [6, 6.07) is 1.85. The van der Waals surface area contributed by atoms with Crippen molar-refractivity contribution < 1.29 is 9.59 Å². The highest BCUT2D eigenvalue weighted by Gasteiger charge is 2.10. The molecule has 0 bridgehead atoms. The van der Waals surface area contributed by atoms with Gasteiger partial charge < -0.3 is 11.1 Å². The van der Waals surface area contributed by atoms with Gasteiger partial charge in [0.2, 0.25) is 0 Å². The Balaban J connectivity index is 2.71. The topological polar surface area (TPSA) is 72.2 Å². The number of carbonyl (C=O) groups is 2. The van der Waals surface area contributed by atoms with Gasteiger partial charge in [-0.1, -0.05) is 0 Å². The summed E-state index contributed by atoms with van der Waals surface area (Å²) in [5.74, 6) is -1.75. The number of thiophene rings is 1. The first-order valence-corrected chi connectivity index (χ1v) is 4.14. The van der Waals surface area contributed by atoms with E-state index in [4.69, 9.17) is 5.73 Å². The molecule has 12 heavy (non-hydrogen) atoms. The normalized spacial score (nSPS) is 9.42. The third-order valence-electron chi connectivity index (χ3n) is 1.31. The molecule has 5 heteroatoms. The van der Waals surface area contributed by atoms with Gasteiger partial charge in [-0.15, -0.1) is 11.3 Å². The van der Waals surface area contributed by atoms with Crippen LogP contribution in [0, 0.1) is 6.92 Å². The number of aryl methyl sites for hydroxylation is 1. The Morgan fingerprint density at radius 3 is 2.67 bits per heavy atom. The zero-order chi connectivity index (χ0) is 9.14. The number of carbonyl (C=O) groups excluding carboxylic acids is 2. The molecule has 0 spiro atoms. The van der Waals surface area contributed by atoms with E-state index < -0.39 is 11.8 Å². The number of hydrogen-bond acceptors (Lipinski definition) is 3. The van der Waals surface area contributed by atoms with E-state index in [1.807, 2.05) is 18.4 Å². The summed E-state index contributed by atoms with van der Waals surface area (Å²) in [6.45, 7) is 1.84. The molecule has 0 aliphatic heterocycles. The molecule has 4 nitrogen and oxygen atoms in total. The molecule has 0 aliphatic rings. The van der Waals surface area contributed by atoms with Gasteiger partial charge >= 0.3 is 11.8 Å². The summed E-state index contributed by atoms with van der Waals surface area (Å²) in [7, 11) is 0. The fourth-order valence-electron chi connectivity index (χ4n) is 0.666. The zero-order valence-electron chi connectivity index (χ0n) is 6.46. The number of hydrogen-bond donors (Lipinski definition) is 2. The SMILES string of the molecule is Cc1ccsc1NC(=O)C(N)=O. The maximum absolute atomic E-state index is 10.8. The van der Waals surface area contributed by atoms with Gasteiger partial charge in [-0.05, 0) is 23.9 Å². The molecule has 2 amide bonds. The molecule has 0 saturated heterocycles. The van der Waals surface area contributed by atoms with E-state index in [2.05, 4.69) is 5.32 Å². The van der Waals surface area contributed by atoms with E-state index in [0.717, 1.165) is 5.56 Å². The van der Waals surface area contributed by atoms with Crippen molar-refractivity contribution >= 4 is 28.2 Å². The van der Waals surface area contributed by atoms with E-state index in [0.29, 0.717) is 5.00 Å². The second-order valence-electron chi connectivity index (χ2n) is 2.25. The summed E-state index contributed by atoms with van der Waals surface area (Å²) in [6.07, 6.45) is 0. The van der Waals surface area contributed by atoms with Crippen molar-refractivity contribution in [2.45, 2.75) is 6.92 Å². The highest BCUT2D eigenvalue weighted by atomic mass is 32.1. The molecule has 0 fully saturated rings. The predicted molar refractivity (Wildman–Crippen MR) is 46.9 cm³/mol. The van der Waals surface area contributed by atoms with Gasteiger partial charge in [0, 0.05) is 0 Å². The van der Waals surface area contributed by atoms with Crippen LogP contribution in [0.3, 0.4) is 0 Å². The van der Waals surface area contributed by atoms with Crippen LogP contribution >= 0.6 is 11.3 Å². The van der Waals surface area contributed by atoms with Crippen LogP contribution in [0.5, 0.6) is 0 Å². The van der Waals surface area contributed by atoms with Crippen molar-refractivity contribution in [3.05, 3.63) is 17.0 Å². The number of nitrogens with two attached hydrogens (primary N) is 1. The largest absolute Gasteiger partial charge is 0.361 e. The lowest BCUT2D eigenvalue weighted by atomic mass is 10.3. The maximum atomic E-state index is 10.8. The molecule has 3 N–H and O–H groups in total. The number of primary amides is 1. The molecule has 0 radical (unpaired) electrons. The maximum Gasteiger partial charge on any atom is 0.314 e. The number of rotatable bonds is 1. The summed E-state index contributed by atoms with van der Waals surface area (Å²) < 4.78 is 0. The van der Waals surface area contributed by atoms with Gasteiger partial charge in [0.1, 0.15) is 0 Å².